The molecule has 1 amide bonds. The van der Waals surface area contributed by atoms with Crippen molar-refractivity contribution in [1.82, 2.24) is 0 Å². The Balaban J connectivity index is 2.86. The second kappa shape index (κ2) is 5.59. The van der Waals surface area contributed by atoms with E-state index in [9.17, 15) is 4.79 Å². The highest BCUT2D eigenvalue weighted by Crippen LogP contribution is 2.29. The normalized spacial score (nSPS) is 10.1. The Morgan fingerprint density at radius 1 is 1.38 bits per heavy atom. The minimum atomic E-state index is -0.533. The summed E-state index contributed by atoms with van der Waals surface area (Å²) in [5.74, 6) is 0.535. The van der Waals surface area contributed by atoms with E-state index in [1.807, 2.05) is 0 Å². The summed E-state index contributed by atoms with van der Waals surface area (Å²) >= 11 is 0. The first-order chi connectivity index (χ1) is 7.71. The molecule has 2 N–H and O–H groups in total. The molecule has 0 radical (unpaired) electrons. The minimum absolute atomic E-state index is 0.501. The van der Waals surface area contributed by atoms with E-state index in [0.717, 1.165) is 6.21 Å². The zero-order valence-corrected chi connectivity index (χ0v) is 8.93. The van der Waals surface area contributed by atoms with Crippen LogP contribution >= 0.6 is 0 Å². The molecule has 0 atom stereocenters. The van der Waals surface area contributed by atoms with Crippen LogP contribution in [0.25, 0.3) is 0 Å². The number of carbonyl (C=O) groups excluding carboxylic acids is 1. The summed E-state index contributed by atoms with van der Waals surface area (Å²) in [4.78, 5) is 11.1. The number of ether oxygens (including phenoxy) is 2. The van der Waals surface area contributed by atoms with Gasteiger partial charge in [0.05, 0.1) is 14.2 Å². The van der Waals surface area contributed by atoms with Crippen LogP contribution in [0, 0.1) is 0 Å². The second-order valence-electron chi connectivity index (χ2n) is 2.80. The monoisotopic (exact) mass is 224 g/mol. The zero-order chi connectivity index (χ0) is 12.0. The summed E-state index contributed by atoms with van der Waals surface area (Å²) in [5, 5.41) is 13.3. The zero-order valence-electron chi connectivity index (χ0n) is 8.93. The number of nitrogens with zero attached hydrogens (tertiary/aromatic N) is 1. The Labute approximate surface area is 92.5 Å². The average molecular weight is 224 g/mol. The van der Waals surface area contributed by atoms with E-state index in [4.69, 9.17) is 14.7 Å². The Bertz CT molecular complexity index is 404. The van der Waals surface area contributed by atoms with Crippen LogP contribution in [0.15, 0.2) is 23.4 Å². The van der Waals surface area contributed by atoms with Gasteiger partial charge in [-0.25, -0.2) is 0 Å². The van der Waals surface area contributed by atoms with Gasteiger partial charge in [0, 0.05) is 11.8 Å². The number of benzene rings is 1. The molecule has 1 aromatic rings. The predicted octanol–water partition coefficient (Wildman–Crippen LogP) is 1.10. The van der Waals surface area contributed by atoms with Crippen LogP contribution in [0.3, 0.4) is 0 Å². The van der Waals surface area contributed by atoms with Crippen LogP contribution in [0.4, 0.5) is 5.69 Å². The van der Waals surface area contributed by atoms with E-state index in [-0.39, 0.29) is 0 Å². The van der Waals surface area contributed by atoms with Crippen LogP contribution in [0.1, 0.15) is 0 Å². The quantitative estimate of drug-likeness (QED) is 0.456. The van der Waals surface area contributed by atoms with E-state index in [1.54, 1.807) is 18.2 Å². The van der Waals surface area contributed by atoms with Gasteiger partial charge in [0.15, 0.2) is 11.5 Å². The molecule has 0 aliphatic carbocycles. The molecule has 6 nitrogen and oxygen atoms in total. The molecule has 0 aliphatic rings. The summed E-state index contributed by atoms with van der Waals surface area (Å²) in [6.45, 7) is 0. The first kappa shape index (κ1) is 11.8. The number of hydrogen-bond acceptors (Lipinski definition) is 5. The topological polar surface area (TPSA) is 80.2 Å². The van der Waals surface area contributed by atoms with Crippen LogP contribution in [-0.2, 0) is 4.79 Å². The van der Waals surface area contributed by atoms with Crippen LogP contribution in [0.2, 0.25) is 0 Å². The van der Waals surface area contributed by atoms with E-state index in [2.05, 4.69) is 10.5 Å². The van der Waals surface area contributed by atoms with Gasteiger partial charge in [-0.3, -0.25) is 4.79 Å². The first-order valence-electron chi connectivity index (χ1n) is 4.41. The summed E-state index contributed by atoms with van der Waals surface area (Å²) in [6.07, 6.45) is 0.761. The fraction of sp³-hybridized carbons (Fsp3) is 0.200. The Hall–Kier alpha value is -2.24. The second-order valence-corrected chi connectivity index (χ2v) is 2.80. The molecule has 0 unspecified atom stereocenters. The third kappa shape index (κ3) is 2.88. The maximum Gasteiger partial charge on any atom is 0.270 e. The molecule has 0 heterocycles. The maximum absolute atomic E-state index is 11.1. The van der Waals surface area contributed by atoms with Crippen LogP contribution in [0.5, 0.6) is 11.5 Å². The fourth-order valence-corrected chi connectivity index (χ4v) is 1.14. The maximum atomic E-state index is 11.1. The Kier molecular flexibility index (Phi) is 4.14. The lowest BCUT2D eigenvalue weighted by Gasteiger charge is -2.09. The standard InChI is InChI=1S/C10H12N2O4/c1-15-8-4-3-7(5-9(8)16-2)12-10(13)6-11-14/h3-6,14H,1-2H3,(H,12,13). The van der Waals surface area contributed by atoms with Gasteiger partial charge in [-0.2, -0.15) is 0 Å². The van der Waals surface area contributed by atoms with Gasteiger partial charge in [-0.05, 0) is 12.1 Å². The largest absolute Gasteiger partial charge is 0.493 e. The molecule has 0 fully saturated rings. The van der Waals surface area contributed by atoms with Gasteiger partial charge in [0.2, 0.25) is 0 Å². The molecule has 1 rings (SSSR count). The van der Waals surface area contributed by atoms with Gasteiger partial charge in [-0.1, -0.05) is 5.16 Å². The first-order valence-corrected chi connectivity index (χ1v) is 4.41. The molecule has 0 saturated carbocycles. The van der Waals surface area contributed by atoms with Crippen molar-refractivity contribution in [2.75, 3.05) is 19.5 Å². The highest BCUT2D eigenvalue weighted by molar-refractivity contribution is 6.31. The smallest absolute Gasteiger partial charge is 0.270 e. The van der Waals surface area contributed by atoms with Crippen molar-refractivity contribution >= 4 is 17.8 Å². The summed E-state index contributed by atoms with van der Waals surface area (Å²) in [5.41, 5.74) is 0.516. The van der Waals surface area contributed by atoms with Crippen LogP contribution < -0.4 is 14.8 Å². The lowest BCUT2D eigenvalue weighted by molar-refractivity contribution is -0.110. The highest BCUT2D eigenvalue weighted by Gasteiger charge is 2.05. The summed E-state index contributed by atoms with van der Waals surface area (Å²) in [6, 6.07) is 4.90. The Morgan fingerprint density at radius 2 is 2.06 bits per heavy atom. The molecule has 6 heteroatoms. The number of methoxy groups -OCH3 is 2. The number of nitrogens with one attached hydrogen (secondary N) is 1. The highest BCUT2D eigenvalue weighted by atomic mass is 16.5. The van der Waals surface area contributed by atoms with E-state index in [0.29, 0.717) is 17.2 Å². The summed E-state index contributed by atoms with van der Waals surface area (Å²) in [7, 11) is 3.02. The van der Waals surface area contributed by atoms with Gasteiger partial charge in [-0.15, -0.1) is 0 Å². The number of anilines is 1. The SMILES string of the molecule is COc1ccc(NC(=O)C=NO)cc1OC. The van der Waals surface area contributed by atoms with Crippen molar-refractivity contribution in [3.05, 3.63) is 18.2 Å². The van der Waals surface area contributed by atoms with E-state index >= 15 is 0 Å². The molecule has 0 saturated heterocycles. The third-order valence-corrected chi connectivity index (χ3v) is 1.83. The van der Waals surface area contributed by atoms with Crippen molar-refractivity contribution in [2.45, 2.75) is 0 Å². The Morgan fingerprint density at radius 3 is 2.62 bits per heavy atom. The molecule has 1 aromatic carbocycles. The van der Waals surface area contributed by atoms with Crippen molar-refractivity contribution in [3.63, 3.8) is 0 Å². The number of carbonyl (C=O) groups is 1. The van der Waals surface area contributed by atoms with E-state index < -0.39 is 5.91 Å². The molecule has 0 bridgehead atoms. The van der Waals surface area contributed by atoms with Crippen molar-refractivity contribution < 1.29 is 19.5 Å². The van der Waals surface area contributed by atoms with Gasteiger partial charge < -0.3 is 20.0 Å². The number of rotatable bonds is 4. The minimum Gasteiger partial charge on any atom is -0.493 e. The fourth-order valence-electron chi connectivity index (χ4n) is 1.14. The lowest BCUT2D eigenvalue weighted by Crippen LogP contribution is -2.12. The molecule has 0 aliphatic heterocycles. The predicted molar refractivity (Wildman–Crippen MR) is 58.5 cm³/mol. The van der Waals surface area contributed by atoms with Crippen molar-refractivity contribution in [1.29, 1.82) is 0 Å². The third-order valence-electron chi connectivity index (χ3n) is 1.83. The number of oxime groups is 1. The van der Waals surface area contributed by atoms with Gasteiger partial charge in [0.25, 0.3) is 5.91 Å². The lowest BCUT2D eigenvalue weighted by atomic mass is 10.2. The number of hydrogen-bond donors (Lipinski definition) is 2. The molecule has 86 valence electrons. The molecular formula is C10H12N2O4. The van der Waals surface area contributed by atoms with Gasteiger partial charge in [0.1, 0.15) is 6.21 Å². The van der Waals surface area contributed by atoms with Crippen LogP contribution in [-0.4, -0.2) is 31.5 Å². The molecular weight excluding hydrogens is 212 g/mol. The molecule has 16 heavy (non-hydrogen) atoms. The average Bonchev–Trinajstić information content (AvgIpc) is 2.29. The van der Waals surface area contributed by atoms with Crippen molar-refractivity contribution in [2.24, 2.45) is 5.16 Å². The van der Waals surface area contributed by atoms with Crippen molar-refractivity contribution in [3.8, 4) is 11.5 Å². The number of amides is 1. The van der Waals surface area contributed by atoms with Gasteiger partial charge >= 0.3 is 0 Å². The molecule has 0 aromatic heterocycles. The summed E-state index contributed by atoms with van der Waals surface area (Å²) < 4.78 is 10.1. The van der Waals surface area contributed by atoms with E-state index in [1.165, 1.54) is 14.2 Å². The molecule has 0 spiro atoms.